The normalized spacial score (nSPS) is 24.9. The molecule has 1 aromatic rings. The van der Waals surface area contributed by atoms with Gasteiger partial charge in [0.1, 0.15) is 0 Å². The number of fused-ring (bicyclic) bond motifs is 2. The number of rotatable bonds is 0. The van der Waals surface area contributed by atoms with Crippen LogP contribution in [0, 0.1) is 11.3 Å². The summed E-state index contributed by atoms with van der Waals surface area (Å²) in [5, 5.41) is 3.61. The first-order valence-electron chi connectivity index (χ1n) is 6.85. The van der Waals surface area contributed by atoms with Crippen LogP contribution in [0.25, 0.3) is 0 Å². The lowest BCUT2D eigenvalue weighted by atomic mass is 9.77. The van der Waals surface area contributed by atoms with E-state index >= 15 is 0 Å². The molecule has 2 aliphatic rings. The fourth-order valence-corrected chi connectivity index (χ4v) is 2.75. The van der Waals surface area contributed by atoms with Gasteiger partial charge >= 0.3 is 0 Å². The largest absolute Gasteiger partial charge is 0.376 e. The molecule has 1 aliphatic heterocycles. The minimum absolute atomic E-state index is 0.0670. The second kappa shape index (κ2) is 4.37. The number of anilines is 1. The van der Waals surface area contributed by atoms with Crippen LogP contribution >= 0.6 is 0 Å². The summed E-state index contributed by atoms with van der Waals surface area (Å²) < 4.78 is 0. The van der Waals surface area contributed by atoms with Crippen LogP contribution in [0.4, 0.5) is 11.4 Å². The van der Waals surface area contributed by atoms with Crippen molar-refractivity contribution < 1.29 is 0 Å². The number of nitrogens with zero attached hydrogens (tertiary/aromatic N) is 1. The van der Waals surface area contributed by atoms with Gasteiger partial charge in [-0.2, -0.15) is 0 Å². The fraction of sp³-hybridized carbons (Fsp3) is 0.353. The van der Waals surface area contributed by atoms with E-state index in [9.17, 15) is 0 Å². The standard InChI is InChI=1S/C17H20N2/c1-17(2,3)16-12-8-4-5-9-13(12)18-14-10-6-7-11-15(14)19-16/h4-13,18H,1-3H3. The Kier molecular flexibility index (Phi) is 2.81. The number of aliphatic imine (C=N–C) groups is 1. The molecule has 1 aromatic carbocycles. The van der Waals surface area contributed by atoms with Gasteiger partial charge in [-0.15, -0.1) is 0 Å². The van der Waals surface area contributed by atoms with Crippen LogP contribution in [-0.4, -0.2) is 11.8 Å². The van der Waals surface area contributed by atoms with Crippen LogP contribution in [0.3, 0.4) is 0 Å². The maximum absolute atomic E-state index is 4.96. The molecule has 0 aromatic heterocycles. The quantitative estimate of drug-likeness (QED) is 0.729. The molecular weight excluding hydrogens is 232 g/mol. The molecule has 1 N–H and O–H groups in total. The summed E-state index contributed by atoms with van der Waals surface area (Å²) in [5.74, 6) is 0.331. The Morgan fingerprint density at radius 1 is 1.05 bits per heavy atom. The van der Waals surface area contributed by atoms with Crippen LogP contribution < -0.4 is 5.32 Å². The smallest absolute Gasteiger partial charge is 0.0861 e. The van der Waals surface area contributed by atoms with Gasteiger partial charge in [-0.1, -0.05) is 57.2 Å². The molecule has 0 amide bonds. The lowest BCUT2D eigenvalue weighted by Crippen LogP contribution is -2.37. The molecule has 0 fully saturated rings. The molecule has 2 atom stereocenters. The Bertz CT molecular complexity index is 573. The van der Waals surface area contributed by atoms with Crippen molar-refractivity contribution in [3.05, 3.63) is 48.6 Å². The van der Waals surface area contributed by atoms with Crippen LogP contribution in [0.2, 0.25) is 0 Å². The molecule has 0 saturated carbocycles. The lowest BCUT2D eigenvalue weighted by molar-refractivity contribution is 0.550. The first-order valence-corrected chi connectivity index (χ1v) is 6.85. The second-order valence-electron chi connectivity index (χ2n) is 6.23. The zero-order valence-electron chi connectivity index (χ0n) is 11.7. The van der Waals surface area contributed by atoms with E-state index in [-0.39, 0.29) is 5.41 Å². The van der Waals surface area contributed by atoms with Crippen LogP contribution in [-0.2, 0) is 0 Å². The zero-order valence-corrected chi connectivity index (χ0v) is 11.7. The highest BCUT2D eigenvalue weighted by Crippen LogP contribution is 2.37. The van der Waals surface area contributed by atoms with Crippen molar-refractivity contribution in [3.8, 4) is 0 Å². The van der Waals surface area contributed by atoms with Gasteiger partial charge in [-0.3, -0.25) is 4.99 Å². The highest BCUT2D eigenvalue weighted by Gasteiger charge is 2.33. The number of para-hydroxylation sites is 2. The maximum Gasteiger partial charge on any atom is 0.0861 e. The fourth-order valence-electron chi connectivity index (χ4n) is 2.75. The van der Waals surface area contributed by atoms with E-state index in [1.807, 2.05) is 6.07 Å². The number of allylic oxidation sites excluding steroid dienone is 2. The average Bonchev–Trinajstić information content (AvgIpc) is 2.54. The molecule has 98 valence electrons. The van der Waals surface area contributed by atoms with E-state index in [1.54, 1.807) is 0 Å². The van der Waals surface area contributed by atoms with Crippen molar-refractivity contribution in [2.45, 2.75) is 26.8 Å². The Balaban J connectivity index is 2.16. The van der Waals surface area contributed by atoms with Crippen molar-refractivity contribution in [3.63, 3.8) is 0 Å². The molecular formula is C17H20N2. The highest BCUT2D eigenvalue weighted by molar-refractivity contribution is 5.98. The van der Waals surface area contributed by atoms with Gasteiger partial charge in [0, 0.05) is 17.0 Å². The van der Waals surface area contributed by atoms with E-state index in [4.69, 9.17) is 4.99 Å². The monoisotopic (exact) mass is 252 g/mol. The minimum atomic E-state index is 0.0670. The maximum atomic E-state index is 4.96. The van der Waals surface area contributed by atoms with Crippen molar-refractivity contribution in [2.75, 3.05) is 5.32 Å². The minimum Gasteiger partial charge on any atom is -0.376 e. The highest BCUT2D eigenvalue weighted by atomic mass is 15.0. The van der Waals surface area contributed by atoms with E-state index in [0.29, 0.717) is 12.0 Å². The molecule has 2 nitrogen and oxygen atoms in total. The van der Waals surface area contributed by atoms with Gasteiger partial charge in [0.15, 0.2) is 0 Å². The predicted molar refractivity (Wildman–Crippen MR) is 82.2 cm³/mol. The summed E-state index contributed by atoms with van der Waals surface area (Å²) in [5.41, 5.74) is 3.48. The Labute approximate surface area is 115 Å². The molecule has 0 spiro atoms. The van der Waals surface area contributed by atoms with Crippen molar-refractivity contribution >= 4 is 17.1 Å². The van der Waals surface area contributed by atoms with Gasteiger partial charge in [0.25, 0.3) is 0 Å². The molecule has 2 unspecified atom stereocenters. The molecule has 19 heavy (non-hydrogen) atoms. The van der Waals surface area contributed by atoms with Crippen LogP contribution in [0.5, 0.6) is 0 Å². The number of hydrogen-bond donors (Lipinski definition) is 1. The van der Waals surface area contributed by atoms with Crippen LogP contribution in [0.15, 0.2) is 53.6 Å². The Morgan fingerprint density at radius 3 is 2.58 bits per heavy atom. The average molecular weight is 252 g/mol. The first-order chi connectivity index (χ1) is 9.05. The van der Waals surface area contributed by atoms with E-state index in [1.165, 1.54) is 5.71 Å². The third kappa shape index (κ3) is 2.23. The molecule has 2 heteroatoms. The van der Waals surface area contributed by atoms with Crippen molar-refractivity contribution in [1.82, 2.24) is 0 Å². The van der Waals surface area contributed by atoms with Gasteiger partial charge in [0.05, 0.1) is 17.4 Å². The Hall–Kier alpha value is -1.83. The van der Waals surface area contributed by atoms with Gasteiger partial charge in [-0.25, -0.2) is 0 Å². The summed E-state index contributed by atoms with van der Waals surface area (Å²) >= 11 is 0. The first kappa shape index (κ1) is 12.2. The summed E-state index contributed by atoms with van der Waals surface area (Å²) in [6, 6.07) is 8.59. The topological polar surface area (TPSA) is 24.4 Å². The number of nitrogens with one attached hydrogen (secondary N) is 1. The van der Waals surface area contributed by atoms with E-state index in [0.717, 1.165) is 11.4 Å². The Morgan fingerprint density at radius 2 is 1.79 bits per heavy atom. The summed E-state index contributed by atoms with van der Waals surface area (Å²) in [6.45, 7) is 6.72. The molecule has 0 radical (unpaired) electrons. The molecule has 3 rings (SSSR count). The third-order valence-electron chi connectivity index (χ3n) is 3.69. The summed E-state index contributed by atoms with van der Waals surface area (Å²) in [4.78, 5) is 4.96. The van der Waals surface area contributed by atoms with E-state index < -0.39 is 0 Å². The lowest BCUT2D eigenvalue weighted by Gasteiger charge is -2.31. The zero-order chi connectivity index (χ0) is 13.5. The predicted octanol–water partition coefficient (Wildman–Crippen LogP) is 4.34. The van der Waals surface area contributed by atoms with Gasteiger partial charge in [0.2, 0.25) is 0 Å². The third-order valence-corrected chi connectivity index (χ3v) is 3.69. The number of hydrogen-bond acceptors (Lipinski definition) is 2. The van der Waals surface area contributed by atoms with Crippen LogP contribution in [0.1, 0.15) is 20.8 Å². The molecule has 1 aliphatic carbocycles. The molecule has 1 heterocycles. The molecule has 0 saturated heterocycles. The number of benzene rings is 1. The van der Waals surface area contributed by atoms with Crippen molar-refractivity contribution in [1.29, 1.82) is 0 Å². The summed E-state index contributed by atoms with van der Waals surface area (Å²) in [7, 11) is 0. The van der Waals surface area contributed by atoms with Gasteiger partial charge in [-0.05, 0) is 12.1 Å². The summed E-state index contributed by atoms with van der Waals surface area (Å²) in [6.07, 6.45) is 8.73. The van der Waals surface area contributed by atoms with Gasteiger partial charge < -0.3 is 5.32 Å². The SMILES string of the molecule is CC(C)(C)C1=Nc2ccccc2NC2C=CC=CC12. The van der Waals surface area contributed by atoms with Crippen molar-refractivity contribution in [2.24, 2.45) is 16.3 Å². The second-order valence-corrected chi connectivity index (χ2v) is 6.23. The van der Waals surface area contributed by atoms with E-state index in [2.05, 4.69) is 68.6 Å². The molecule has 0 bridgehead atoms.